The number of amides is 2. The summed E-state index contributed by atoms with van der Waals surface area (Å²) in [7, 11) is 0. The Hall–Kier alpha value is -3.27. The molecular formula is C19H22N6O3S. The Morgan fingerprint density at radius 1 is 1.10 bits per heavy atom. The summed E-state index contributed by atoms with van der Waals surface area (Å²) in [6.45, 7) is 4.16. The van der Waals surface area contributed by atoms with E-state index in [1.54, 1.807) is 49.3 Å². The zero-order valence-corrected chi connectivity index (χ0v) is 16.9. The van der Waals surface area contributed by atoms with Gasteiger partial charge in [-0.2, -0.15) is 11.8 Å². The molecule has 3 rings (SSSR count). The molecule has 0 fully saturated rings. The van der Waals surface area contributed by atoms with Gasteiger partial charge in [0, 0.05) is 40.7 Å². The number of rotatable bonds is 8. The fourth-order valence-electron chi connectivity index (χ4n) is 2.66. The lowest BCUT2D eigenvalue weighted by atomic mass is 10.1. The zero-order chi connectivity index (χ0) is 20.8. The van der Waals surface area contributed by atoms with Gasteiger partial charge >= 0.3 is 11.7 Å². The van der Waals surface area contributed by atoms with Crippen LogP contribution in [0.2, 0.25) is 0 Å². The van der Waals surface area contributed by atoms with Gasteiger partial charge < -0.3 is 25.6 Å². The molecule has 152 valence electrons. The van der Waals surface area contributed by atoms with Crippen molar-refractivity contribution in [3.05, 3.63) is 69.4 Å². The molecule has 0 aliphatic carbocycles. The number of imidazole rings is 2. The zero-order valence-electron chi connectivity index (χ0n) is 16.1. The summed E-state index contributed by atoms with van der Waals surface area (Å²) in [5.41, 5.74) is 3.37. The van der Waals surface area contributed by atoms with Crippen LogP contribution in [0.4, 0.5) is 10.5 Å². The van der Waals surface area contributed by atoms with Crippen molar-refractivity contribution in [1.29, 1.82) is 0 Å². The van der Waals surface area contributed by atoms with Crippen LogP contribution in [0.5, 0.6) is 0 Å². The summed E-state index contributed by atoms with van der Waals surface area (Å²) in [6, 6.07) is 6.17. The summed E-state index contributed by atoms with van der Waals surface area (Å²) in [5, 5.41) is 5.51. The van der Waals surface area contributed by atoms with Gasteiger partial charge in [0.2, 0.25) is 5.78 Å². The van der Waals surface area contributed by atoms with Crippen molar-refractivity contribution in [3.8, 4) is 0 Å². The molecule has 10 heteroatoms. The minimum absolute atomic E-state index is 0.232. The van der Waals surface area contributed by atoms with Gasteiger partial charge in [-0.05, 0) is 38.1 Å². The van der Waals surface area contributed by atoms with E-state index in [0.29, 0.717) is 23.5 Å². The van der Waals surface area contributed by atoms with Gasteiger partial charge in [0.1, 0.15) is 5.69 Å². The number of carbonyl (C=O) groups is 2. The van der Waals surface area contributed by atoms with Crippen LogP contribution in [-0.4, -0.2) is 44.0 Å². The van der Waals surface area contributed by atoms with Gasteiger partial charge in [-0.25, -0.2) is 14.6 Å². The van der Waals surface area contributed by atoms with Crippen molar-refractivity contribution < 1.29 is 9.59 Å². The maximum atomic E-state index is 12.4. The minimum Gasteiger partial charge on any atom is -0.348 e. The maximum absolute atomic E-state index is 12.4. The van der Waals surface area contributed by atoms with Crippen LogP contribution in [0.1, 0.15) is 33.1 Å². The Morgan fingerprint density at radius 2 is 1.86 bits per heavy atom. The van der Waals surface area contributed by atoms with E-state index >= 15 is 0 Å². The predicted octanol–water partition coefficient (Wildman–Crippen LogP) is 2.33. The van der Waals surface area contributed by atoms with E-state index in [4.69, 9.17) is 0 Å². The number of nitrogens with zero attached hydrogens (tertiary/aromatic N) is 1. The summed E-state index contributed by atoms with van der Waals surface area (Å²) in [5.74, 6) is 1.27. The Bertz CT molecular complexity index is 1050. The van der Waals surface area contributed by atoms with Crippen molar-refractivity contribution >= 4 is 29.3 Å². The summed E-state index contributed by atoms with van der Waals surface area (Å²) < 4.78 is 0. The van der Waals surface area contributed by atoms with Gasteiger partial charge in [-0.3, -0.25) is 4.79 Å². The monoisotopic (exact) mass is 414 g/mol. The predicted molar refractivity (Wildman–Crippen MR) is 113 cm³/mol. The second-order valence-electron chi connectivity index (χ2n) is 6.39. The first kappa shape index (κ1) is 20.5. The first-order valence-electron chi connectivity index (χ1n) is 8.99. The van der Waals surface area contributed by atoms with Crippen LogP contribution in [0.25, 0.3) is 0 Å². The summed E-state index contributed by atoms with van der Waals surface area (Å²) in [4.78, 5) is 48.0. The normalized spacial score (nSPS) is 10.7. The third-order valence-corrected chi connectivity index (χ3v) is 5.22. The first-order chi connectivity index (χ1) is 13.9. The molecular weight excluding hydrogens is 392 g/mol. The molecule has 0 saturated heterocycles. The molecule has 0 atom stereocenters. The molecule has 2 amide bonds. The lowest BCUT2D eigenvalue weighted by molar-refractivity contribution is 0.103. The van der Waals surface area contributed by atoms with E-state index < -0.39 is 5.69 Å². The Morgan fingerprint density at radius 3 is 2.48 bits per heavy atom. The highest BCUT2D eigenvalue weighted by Gasteiger charge is 2.14. The third-order valence-electron chi connectivity index (χ3n) is 4.25. The molecule has 9 nitrogen and oxygen atoms in total. The third kappa shape index (κ3) is 5.38. The van der Waals surface area contributed by atoms with E-state index in [0.717, 1.165) is 22.9 Å². The van der Waals surface area contributed by atoms with Gasteiger partial charge in [0.05, 0.1) is 12.0 Å². The van der Waals surface area contributed by atoms with Crippen molar-refractivity contribution in [1.82, 2.24) is 25.3 Å². The molecule has 0 saturated carbocycles. The number of urea groups is 1. The smallest absolute Gasteiger partial charge is 0.323 e. The Kier molecular flexibility index (Phi) is 6.55. The number of H-pyrrole nitrogens is 3. The topological polar surface area (TPSA) is 136 Å². The maximum Gasteiger partial charge on any atom is 0.323 e. The Labute approximate surface area is 171 Å². The second kappa shape index (κ2) is 9.28. The molecule has 2 heterocycles. The van der Waals surface area contributed by atoms with Crippen molar-refractivity contribution in [3.63, 3.8) is 0 Å². The molecule has 2 aromatic heterocycles. The molecule has 0 aliphatic rings. The number of aryl methyl sites for hydroxylation is 2. The fraction of sp³-hybridized carbons (Fsp3) is 0.263. The lowest BCUT2D eigenvalue weighted by Gasteiger charge is -2.08. The van der Waals surface area contributed by atoms with E-state index in [2.05, 4.69) is 30.6 Å². The molecule has 0 unspecified atom stereocenters. The highest BCUT2D eigenvalue weighted by molar-refractivity contribution is 7.98. The van der Waals surface area contributed by atoms with E-state index in [-0.39, 0.29) is 17.5 Å². The standard InChI is InChI=1S/C19H22N6O3S/c1-11-15(22-10-21-11)9-29-8-7-20-18(27)24-14-5-3-13(4-6-14)17(26)16-12(2)23-19(28)25-16/h3-6,10H,7-9H2,1-2H3,(H,21,22)(H2,20,24,27)(H2,23,25,28). The van der Waals surface area contributed by atoms with Crippen LogP contribution in [0, 0.1) is 13.8 Å². The number of carbonyl (C=O) groups excluding carboxylic acids is 2. The molecule has 3 aromatic rings. The molecule has 29 heavy (non-hydrogen) atoms. The Balaban J connectivity index is 1.43. The summed E-state index contributed by atoms with van der Waals surface area (Å²) in [6.07, 6.45) is 1.68. The molecule has 1 aromatic carbocycles. The van der Waals surface area contributed by atoms with Crippen molar-refractivity contribution in [2.24, 2.45) is 0 Å². The fourth-order valence-corrected chi connectivity index (χ4v) is 3.54. The number of ketones is 1. The number of nitrogens with one attached hydrogen (secondary N) is 5. The highest BCUT2D eigenvalue weighted by Crippen LogP contribution is 2.14. The minimum atomic E-state index is -0.418. The number of aromatic nitrogens is 4. The average molecular weight is 414 g/mol. The SMILES string of the molecule is Cc1[nH]cnc1CSCCNC(=O)Nc1ccc(C(=O)c2[nH]c(=O)[nH]c2C)cc1. The highest BCUT2D eigenvalue weighted by atomic mass is 32.2. The van der Waals surface area contributed by atoms with E-state index in [9.17, 15) is 14.4 Å². The van der Waals surface area contributed by atoms with Gasteiger partial charge in [-0.15, -0.1) is 0 Å². The van der Waals surface area contributed by atoms with Gasteiger partial charge in [0.25, 0.3) is 0 Å². The number of thioether (sulfide) groups is 1. The summed E-state index contributed by atoms with van der Waals surface area (Å²) >= 11 is 1.69. The molecule has 5 N–H and O–H groups in total. The first-order valence-corrected chi connectivity index (χ1v) is 10.1. The van der Waals surface area contributed by atoms with Crippen molar-refractivity contribution in [2.75, 3.05) is 17.6 Å². The van der Waals surface area contributed by atoms with E-state index in [1.165, 1.54) is 0 Å². The number of hydrogen-bond donors (Lipinski definition) is 5. The van der Waals surface area contributed by atoms with Gasteiger partial charge in [-0.1, -0.05) is 0 Å². The second-order valence-corrected chi connectivity index (χ2v) is 7.50. The van der Waals surface area contributed by atoms with Crippen LogP contribution < -0.4 is 16.3 Å². The lowest BCUT2D eigenvalue weighted by Crippen LogP contribution is -2.30. The molecule has 0 radical (unpaired) electrons. The number of aromatic amines is 3. The van der Waals surface area contributed by atoms with Crippen LogP contribution >= 0.6 is 11.8 Å². The number of benzene rings is 1. The van der Waals surface area contributed by atoms with Gasteiger partial charge in [0.15, 0.2) is 0 Å². The van der Waals surface area contributed by atoms with Crippen LogP contribution in [0.3, 0.4) is 0 Å². The largest absolute Gasteiger partial charge is 0.348 e. The van der Waals surface area contributed by atoms with Crippen LogP contribution in [0.15, 0.2) is 35.4 Å². The molecule has 0 bridgehead atoms. The number of hydrogen-bond acceptors (Lipinski definition) is 5. The van der Waals surface area contributed by atoms with E-state index in [1.807, 2.05) is 6.92 Å². The van der Waals surface area contributed by atoms with Crippen molar-refractivity contribution in [2.45, 2.75) is 19.6 Å². The average Bonchev–Trinajstić information content (AvgIpc) is 3.25. The number of anilines is 1. The van der Waals surface area contributed by atoms with Crippen LogP contribution in [-0.2, 0) is 5.75 Å². The molecule has 0 aliphatic heterocycles. The molecule has 0 spiro atoms. The quantitative estimate of drug-likeness (QED) is 0.285.